The van der Waals surface area contributed by atoms with Crippen molar-refractivity contribution in [2.75, 3.05) is 24.7 Å². The Morgan fingerprint density at radius 2 is 2.21 bits per heavy atom. The topological polar surface area (TPSA) is 70.9 Å². The summed E-state index contributed by atoms with van der Waals surface area (Å²) in [6, 6.07) is 10.0. The number of hydrogen-bond donors (Lipinski definition) is 1. The molecule has 0 radical (unpaired) electrons. The van der Waals surface area contributed by atoms with Gasteiger partial charge in [0.15, 0.2) is 5.82 Å². The highest BCUT2D eigenvalue weighted by molar-refractivity contribution is 9.10. The van der Waals surface area contributed by atoms with E-state index in [0.717, 1.165) is 10.0 Å². The Morgan fingerprint density at radius 1 is 1.47 bits per heavy atom. The maximum atomic E-state index is 9.15. The summed E-state index contributed by atoms with van der Waals surface area (Å²) < 4.78 is 2.65. The molecule has 6 heteroatoms. The molecule has 1 heterocycles. The third-order valence-corrected chi connectivity index (χ3v) is 3.22. The summed E-state index contributed by atoms with van der Waals surface area (Å²) in [7, 11) is 3.68. The lowest BCUT2D eigenvalue weighted by atomic mass is 10.2. The van der Waals surface area contributed by atoms with Gasteiger partial charge in [0.25, 0.3) is 0 Å². The number of rotatable bonds is 3. The van der Waals surface area contributed by atoms with E-state index < -0.39 is 0 Å². The van der Waals surface area contributed by atoms with E-state index in [0.29, 0.717) is 23.7 Å². The van der Waals surface area contributed by atoms with Crippen LogP contribution in [-0.4, -0.2) is 23.9 Å². The summed E-state index contributed by atoms with van der Waals surface area (Å²) >= 11 is 3.43. The number of hydrogen-bond acceptors (Lipinski definition) is 4. The van der Waals surface area contributed by atoms with Crippen molar-refractivity contribution in [3.63, 3.8) is 0 Å². The second-order valence-electron chi connectivity index (χ2n) is 4.38. The van der Waals surface area contributed by atoms with E-state index in [4.69, 9.17) is 11.0 Å². The molecule has 0 aliphatic rings. The molecule has 1 aromatic heterocycles. The standard InChI is InChI=1S/C13H14BrN5/c1-18(2)13-11(7-15)12(16)19(17-13)8-9-4-3-5-10(14)6-9/h3-6H,8,16H2,1-2H3. The first kappa shape index (κ1) is 13.4. The Kier molecular flexibility index (Phi) is 3.76. The van der Waals surface area contributed by atoms with E-state index in [9.17, 15) is 0 Å². The number of nitrogens with two attached hydrogens (primary N) is 1. The summed E-state index contributed by atoms with van der Waals surface area (Å²) in [5.41, 5.74) is 7.46. The second kappa shape index (κ2) is 5.33. The van der Waals surface area contributed by atoms with E-state index in [1.165, 1.54) is 0 Å². The van der Waals surface area contributed by atoms with Crippen molar-refractivity contribution in [3.8, 4) is 6.07 Å². The fourth-order valence-corrected chi connectivity index (χ4v) is 2.26. The lowest BCUT2D eigenvalue weighted by Crippen LogP contribution is -2.11. The average molecular weight is 320 g/mol. The Hall–Kier alpha value is -2.00. The maximum Gasteiger partial charge on any atom is 0.170 e. The van der Waals surface area contributed by atoms with Crippen molar-refractivity contribution in [2.24, 2.45) is 0 Å². The Morgan fingerprint density at radius 3 is 2.74 bits per heavy atom. The van der Waals surface area contributed by atoms with Crippen molar-refractivity contribution in [1.29, 1.82) is 5.26 Å². The van der Waals surface area contributed by atoms with Crippen LogP contribution in [0.15, 0.2) is 28.7 Å². The summed E-state index contributed by atoms with van der Waals surface area (Å²) in [5, 5.41) is 13.5. The summed E-state index contributed by atoms with van der Waals surface area (Å²) in [6.07, 6.45) is 0. The van der Waals surface area contributed by atoms with E-state index in [-0.39, 0.29) is 0 Å². The number of nitrogens with zero attached hydrogens (tertiary/aromatic N) is 4. The number of nitriles is 1. The molecule has 0 bridgehead atoms. The molecule has 0 fully saturated rings. The molecule has 2 rings (SSSR count). The van der Waals surface area contributed by atoms with Crippen molar-refractivity contribution < 1.29 is 0 Å². The molecule has 2 aromatic rings. The number of halogens is 1. The Balaban J connectivity index is 2.39. The quantitative estimate of drug-likeness (QED) is 0.941. The van der Waals surface area contributed by atoms with Crippen LogP contribution in [-0.2, 0) is 6.54 Å². The number of aromatic nitrogens is 2. The minimum absolute atomic E-state index is 0.395. The van der Waals surface area contributed by atoms with Gasteiger partial charge < -0.3 is 10.6 Å². The van der Waals surface area contributed by atoms with Crippen molar-refractivity contribution in [2.45, 2.75) is 6.54 Å². The first-order valence-corrected chi connectivity index (χ1v) is 6.50. The van der Waals surface area contributed by atoms with Gasteiger partial charge in [-0.05, 0) is 17.7 Å². The molecule has 0 aliphatic carbocycles. The van der Waals surface area contributed by atoms with Gasteiger partial charge in [-0.3, -0.25) is 0 Å². The van der Waals surface area contributed by atoms with Gasteiger partial charge in [0.05, 0.1) is 6.54 Å². The van der Waals surface area contributed by atoms with Gasteiger partial charge in [-0.25, -0.2) is 4.68 Å². The molecule has 0 spiro atoms. The molecule has 5 nitrogen and oxygen atoms in total. The van der Waals surface area contributed by atoms with Gasteiger partial charge in [0, 0.05) is 18.6 Å². The maximum absolute atomic E-state index is 9.15. The van der Waals surface area contributed by atoms with Crippen molar-refractivity contribution in [1.82, 2.24) is 9.78 Å². The normalized spacial score (nSPS) is 10.2. The molecule has 19 heavy (non-hydrogen) atoms. The second-order valence-corrected chi connectivity index (χ2v) is 5.29. The summed E-state index contributed by atoms with van der Waals surface area (Å²) in [4.78, 5) is 1.78. The highest BCUT2D eigenvalue weighted by Gasteiger charge is 2.16. The molecule has 0 aliphatic heterocycles. The molecule has 2 N–H and O–H groups in total. The van der Waals surface area contributed by atoms with Gasteiger partial charge in [-0.1, -0.05) is 28.1 Å². The van der Waals surface area contributed by atoms with Gasteiger partial charge >= 0.3 is 0 Å². The molecular formula is C13H14BrN5. The lowest BCUT2D eigenvalue weighted by molar-refractivity contribution is 0.694. The van der Waals surface area contributed by atoms with Gasteiger partial charge in [-0.15, -0.1) is 0 Å². The van der Waals surface area contributed by atoms with Gasteiger partial charge in [-0.2, -0.15) is 10.4 Å². The predicted octanol–water partition coefficient (Wildman–Crippen LogP) is 2.21. The molecule has 1 aromatic carbocycles. The predicted molar refractivity (Wildman–Crippen MR) is 78.9 cm³/mol. The third kappa shape index (κ3) is 2.71. The minimum atomic E-state index is 0.395. The zero-order valence-corrected chi connectivity index (χ0v) is 12.3. The van der Waals surface area contributed by atoms with E-state index in [1.54, 1.807) is 9.58 Å². The molecule has 0 unspecified atom stereocenters. The first-order chi connectivity index (χ1) is 9.02. The van der Waals surface area contributed by atoms with Crippen LogP contribution >= 0.6 is 15.9 Å². The fraction of sp³-hybridized carbons (Fsp3) is 0.231. The molecule has 0 atom stereocenters. The molecule has 0 saturated carbocycles. The van der Waals surface area contributed by atoms with E-state index >= 15 is 0 Å². The molecular weight excluding hydrogens is 306 g/mol. The zero-order chi connectivity index (χ0) is 14.0. The van der Waals surface area contributed by atoms with Crippen molar-refractivity contribution >= 4 is 27.6 Å². The monoisotopic (exact) mass is 319 g/mol. The van der Waals surface area contributed by atoms with Crippen LogP contribution in [0.25, 0.3) is 0 Å². The van der Waals surface area contributed by atoms with Crippen LogP contribution in [0.1, 0.15) is 11.1 Å². The third-order valence-electron chi connectivity index (χ3n) is 2.73. The number of benzene rings is 1. The molecule has 0 saturated heterocycles. The van der Waals surface area contributed by atoms with E-state index in [2.05, 4.69) is 27.1 Å². The minimum Gasteiger partial charge on any atom is -0.383 e. The summed E-state index contributed by atoms with van der Waals surface area (Å²) in [5.74, 6) is 0.987. The van der Waals surface area contributed by atoms with E-state index in [1.807, 2.05) is 38.4 Å². The average Bonchev–Trinajstić information content (AvgIpc) is 2.66. The van der Waals surface area contributed by atoms with Crippen LogP contribution in [0, 0.1) is 11.3 Å². The molecule has 0 amide bonds. The van der Waals surface area contributed by atoms with Crippen LogP contribution in [0.5, 0.6) is 0 Å². The van der Waals surface area contributed by atoms with Crippen LogP contribution < -0.4 is 10.6 Å². The highest BCUT2D eigenvalue weighted by Crippen LogP contribution is 2.23. The van der Waals surface area contributed by atoms with Crippen LogP contribution in [0.2, 0.25) is 0 Å². The Labute approximate surface area is 120 Å². The smallest absolute Gasteiger partial charge is 0.170 e. The SMILES string of the molecule is CN(C)c1nn(Cc2cccc(Br)c2)c(N)c1C#N. The lowest BCUT2D eigenvalue weighted by Gasteiger charge is -2.07. The fourth-order valence-electron chi connectivity index (χ4n) is 1.81. The van der Waals surface area contributed by atoms with Gasteiger partial charge in [0.1, 0.15) is 17.5 Å². The summed E-state index contributed by atoms with van der Waals surface area (Å²) in [6.45, 7) is 0.536. The highest BCUT2D eigenvalue weighted by atomic mass is 79.9. The van der Waals surface area contributed by atoms with Crippen LogP contribution in [0.4, 0.5) is 11.6 Å². The number of nitrogen functional groups attached to an aromatic ring is 1. The van der Waals surface area contributed by atoms with Crippen LogP contribution in [0.3, 0.4) is 0 Å². The first-order valence-electron chi connectivity index (χ1n) is 5.71. The molecule has 98 valence electrons. The van der Waals surface area contributed by atoms with Crippen molar-refractivity contribution in [3.05, 3.63) is 39.9 Å². The number of anilines is 2. The van der Waals surface area contributed by atoms with Gasteiger partial charge in [0.2, 0.25) is 0 Å². The zero-order valence-electron chi connectivity index (χ0n) is 10.8. The largest absolute Gasteiger partial charge is 0.383 e. The Bertz CT molecular complexity index is 639.